The number of allylic oxidation sites excluding steroid dienone is 1. The minimum absolute atomic E-state index is 0.153. The lowest BCUT2D eigenvalue weighted by Crippen LogP contribution is -2.50. The number of alkyl halides is 1. The van der Waals surface area contributed by atoms with Crippen molar-refractivity contribution in [1.82, 2.24) is 0 Å². The van der Waals surface area contributed by atoms with E-state index in [0.29, 0.717) is 18.6 Å². The van der Waals surface area contributed by atoms with E-state index in [4.69, 9.17) is 25.8 Å². The van der Waals surface area contributed by atoms with Gasteiger partial charge in [-0.2, -0.15) is 0 Å². The summed E-state index contributed by atoms with van der Waals surface area (Å²) in [5, 5.41) is 9.57. The summed E-state index contributed by atoms with van der Waals surface area (Å²) < 4.78 is 16.4. The molecule has 2 fully saturated rings. The number of aliphatic hydroxyl groups is 1. The molecule has 0 amide bonds. The fraction of sp³-hybridized carbons (Fsp3) is 0.562. The predicted molar refractivity (Wildman–Crippen MR) is 79.5 cm³/mol. The highest BCUT2D eigenvalue weighted by atomic mass is 35.5. The van der Waals surface area contributed by atoms with Gasteiger partial charge in [-0.1, -0.05) is 11.8 Å². The Bertz CT molecular complexity index is 581. The van der Waals surface area contributed by atoms with Crippen molar-refractivity contribution in [3.05, 3.63) is 11.8 Å². The maximum absolute atomic E-state index is 10.9. The van der Waals surface area contributed by atoms with Crippen LogP contribution in [0.15, 0.2) is 11.8 Å². The van der Waals surface area contributed by atoms with E-state index < -0.39 is 17.3 Å². The SMILES string of the molecule is CC#CC#CC=C1O[C@@]2(CC[C@@H](OC(C)=O)CO2)[C@H](O)[C@H]1Cl. The Morgan fingerprint density at radius 3 is 2.91 bits per heavy atom. The fourth-order valence-electron chi connectivity index (χ4n) is 2.40. The molecule has 6 heteroatoms. The molecule has 2 saturated heterocycles. The Balaban J connectivity index is 2.06. The Morgan fingerprint density at radius 2 is 2.32 bits per heavy atom. The van der Waals surface area contributed by atoms with Gasteiger partial charge >= 0.3 is 5.97 Å². The van der Waals surface area contributed by atoms with E-state index in [0.717, 1.165) is 0 Å². The van der Waals surface area contributed by atoms with Crippen LogP contribution < -0.4 is 0 Å². The first-order chi connectivity index (χ1) is 10.5. The Kier molecular flexibility index (Phi) is 5.37. The van der Waals surface area contributed by atoms with Crippen LogP contribution in [-0.2, 0) is 19.0 Å². The molecule has 5 nitrogen and oxygen atoms in total. The predicted octanol–water partition coefficient (Wildman–Crippen LogP) is 1.33. The van der Waals surface area contributed by atoms with Crippen LogP contribution >= 0.6 is 11.6 Å². The smallest absolute Gasteiger partial charge is 0.302 e. The van der Waals surface area contributed by atoms with Gasteiger partial charge in [-0.25, -0.2) is 0 Å². The number of aliphatic hydroxyl groups excluding tert-OH is 1. The lowest BCUT2D eigenvalue weighted by molar-refractivity contribution is -0.271. The standard InChI is InChI=1S/C16H17ClO5/c1-3-4-5-6-7-13-14(17)15(19)16(22-13)9-8-12(10-20-16)21-11(2)18/h7,12,14-15,19H,8-10H2,1-2H3/t12-,14+,15-,16+/m1/s1. The Morgan fingerprint density at radius 1 is 1.55 bits per heavy atom. The van der Waals surface area contributed by atoms with E-state index in [1.165, 1.54) is 13.0 Å². The summed E-state index contributed by atoms with van der Waals surface area (Å²) in [4.78, 5) is 10.9. The summed E-state index contributed by atoms with van der Waals surface area (Å²) in [6.45, 7) is 3.19. The maximum atomic E-state index is 10.9. The van der Waals surface area contributed by atoms with Crippen LogP contribution in [0.1, 0.15) is 26.7 Å². The molecule has 2 heterocycles. The summed E-state index contributed by atoms with van der Waals surface area (Å²) in [5.74, 6) is 9.35. The van der Waals surface area contributed by atoms with Gasteiger partial charge in [0, 0.05) is 19.4 Å². The van der Waals surface area contributed by atoms with Gasteiger partial charge in [0.1, 0.15) is 23.3 Å². The highest BCUT2D eigenvalue weighted by Gasteiger charge is 2.55. The molecular formula is C16H17ClO5. The van der Waals surface area contributed by atoms with Crippen LogP contribution in [0.2, 0.25) is 0 Å². The topological polar surface area (TPSA) is 65.0 Å². The van der Waals surface area contributed by atoms with Crippen molar-refractivity contribution < 1.29 is 24.1 Å². The van der Waals surface area contributed by atoms with Gasteiger partial charge < -0.3 is 19.3 Å². The lowest BCUT2D eigenvalue weighted by Gasteiger charge is -2.37. The van der Waals surface area contributed by atoms with Crippen molar-refractivity contribution in [3.63, 3.8) is 0 Å². The minimum Gasteiger partial charge on any atom is -0.461 e. The van der Waals surface area contributed by atoms with E-state index in [-0.39, 0.29) is 18.7 Å². The molecule has 2 rings (SSSR count). The average molecular weight is 325 g/mol. The molecule has 0 bridgehead atoms. The van der Waals surface area contributed by atoms with Gasteiger partial charge in [-0.15, -0.1) is 11.6 Å². The van der Waals surface area contributed by atoms with Gasteiger partial charge in [-0.05, 0) is 25.2 Å². The molecule has 1 N–H and O–H groups in total. The molecule has 0 unspecified atom stereocenters. The largest absolute Gasteiger partial charge is 0.461 e. The zero-order chi connectivity index (χ0) is 16.2. The van der Waals surface area contributed by atoms with E-state index in [1.54, 1.807) is 6.92 Å². The molecule has 4 atom stereocenters. The van der Waals surface area contributed by atoms with Crippen LogP contribution in [0, 0.1) is 23.7 Å². The maximum Gasteiger partial charge on any atom is 0.302 e. The van der Waals surface area contributed by atoms with Crippen molar-refractivity contribution in [2.24, 2.45) is 0 Å². The molecule has 118 valence electrons. The monoisotopic (exact) mass is 324 g/mol. The van der Waals surface area contributed by atoms with E-state index >= 15 is 0 Å². The molecule has 0 aromatic rings. The number of ether oxygens (including phenoxy) is 3. The lowest BCUT2D eigenvalue weighted by atomic mass is 9.98. The van der Waals surface area contributed by atoms with E-state index in [9.17, 15) is 9.90 Å². The number of esters is 1. The molecule has 2 aliphatic rings. The third-order valence-electron chi connectivity index (χ3n) is 3.43. The summed E-state index contributed by atoms with van der Waals surface area (Å²) in [7, 11) is 0. The Labute approximate surface area is 134 Å². The Hall–Kier alpha value is -1.66. The highest BCUT2D eigenvalue weighted by molar-refractivity contribution is 6.23. The second kappa shape index (κ2) is 7.07. The van der Waals surface area contributed by atoms with E-state index in [2.05, 4.69) is 23.7 Å². The number of rotatable bonds is 1. The van der Waals surface area contributed by atoms with Crippen LogP contribution in [0.25, 0.3) is 0 Å². The van der Waals surface area contributed by atoms with Crippen LogP contribution in [0.3, 0.4) is 0 Å². The number of carbonyl (C=O) groups is 1. The van der Waals surface area contributed by atoms with E-state index in [1.807, 2.05) is 0 Å². The number of hydrogen-bond acceptors (Lipinski definition) is 5. The van der Waals surface area contributed by atoms with Gasteiger partial charge in [0.15, 0.2) is 0 Å². The number of hydrogen-bond donors (Lipinski definition) is 1. The van der Waals surface area contributed by atoms with Gasteiger partial charge in [-0.3, -0.25) is 4.79 Å². The minimum atomic E-state index is -1.20. The molecule has 1 spiro atoms. The summed E-state index contributed by atoms with van der Waals surface area (Å²) in [6, 6.07) is 0. The first-order valence-corrected chi connectivity index (χ1v) is 7.37. The van der Waals surface area contributed by atoms with Crippen molar-refractivity contribution in [2.75, 3.05) is 6.61 Å². The van der Waals surface area contributed by atoms with Crippen molar-refractivity contribution >= 4 is 17.6 Å². The van der Waals surface area contributed by atoms with Crippen LogP contribution in [0.4, 0.5) is 0 Å². The molecule has 0 saturated carbocycles. The molecule has 22 heavy (non-hydrogen) atoms. The second-order valence-corrected chi connectivity index (χ2v) is 5.50. The fourth-order valence-corrected chi connectivity index (χ4v) is 2.70. The van der Waals surface area contributed by atoms with Crippen molar-refractivity contribution in [3.8, 4) is 23.7 Å². The molecule has 0 radical (unpaired) electrons. The quantitative estimate of drug-likeness (QED) is 0.448. The molecule has 0 aromatic heterocycles. The second-order valence-electron chi connectivity index (χ2n) is 5.03. The molecular weight excluding hydrogens is 308 g/mol. The zero-order valence-electron chi connectivity index (χ0n) is 12.4. The summed E-state index contributed by atoms with van der Waals surface area (Å²) in [5.41, 5.74) is 0. The first-order valence-electron chi connectivity index (χ1n) is 6.93. The average Bonchev–Trinajstić information content (AvgIpc) is 2.71. The molecule has 2 aliphatic heterocycles. The van der Waals surface area contributed by atoms with Crippen LogP contribution in [-0.4, -0.2) is 41.1 Å². The van der Waals surface area contributed by atoms with Gasteiger partial charge in [0.25, 0.3) is 0 Å². The number of carbonyl (C=O) groups excluding carboxylic acids is 1. The number of halogens is 1. The molecule has 0 aromatic carbocycles. The van der Waals surface area contributed by atoms with Gasteiger partial charge in [0.05, 0.1) is 6.61 Å². The van der Waals surface area contributed by atoms with Crippen molar-refractivity contribution in [2.45, 2.75) is 50.1 Å². The normalized spacial score (nSPS) is 35.1. The van der Waals surface area contributed by atoms with Crippen molar-refractivity contribution in [1.29, 1.82) is 0 Å². The third-order valence-corrected chi connectivity index (χ3v) is 3.88. The third kappa shape index (κ3) is 3.56. The summed E-state index contributed by atoms with van der Waals surface area (Å²) in [6.07, 6.45) is 1.04. The van der Waals surface area contributed by atoms with Gasteiger partial charge in [0.2, 0.25) is 5.79 Å². The zero-order valence-corrected chi connectivity index (χ0v) is 13.1. The highest BCUT2D eigenvalue weighted by Crippen LogP contribution is 2.43. The summed E-state index contributed by atoms with van der Waals surface area (Å²) >= 11 is 6.17. The van der Waals surface area contributed by atoms with Crippen LogP contribution in [0.5, 0.6) is 0 Å². The molecule has 0 aliphatic carbocycles. The first kappa shape index (κ1) is 16.7.